The molecule has 0 aromatic heterocycles. The van der Waals surface area contributed by atoms with Crippen molar-refractivity contribution in [2.75, 3.05) is 10.6 Å². The highest BCUT2D eigenvalue weighted by Gasteiger charge is 2.56. The summed E-state index contributed by atoms with van der Waals surface area (Å²) in [5.74, 6) is 4.77. The Morgan fingerprint density at radius 2 is 1.03 bits per heavy atom. The summed E-state index contributed by atoms with van der Waals surface area (Å²) in [6, 6.07) is 12.4. The molecule has 2 aromatic rings. The SMILES string of the molecule is O=C(Nc1ccc2ccccc2c1NC(=O)C12CC3CC(CC(C3)C1)C2)C12CC3CC(CC(C3)C1)C2. The Kier molecular flexibility index (Phi) is 4.57. The molecular weight excluding hydrogens is 444 g/mol. The third-order valence-electron chi connectivity index (χ3n) is 11.5. The maximum atomic E-state index is 14.0. The minimum atomic E-state index is -0.215. The van der Waals surface area contributed by atoms with Crippen LogP contribution in [0.15, 0.2) is 36.4 Å². The number of nitrogens with one attached hydrogen (secondary N) is 2. The molecule has 0 aliphatic heterocycles. The van der Waals surface area contributed by atoms with Crippen LogP contribution in [-0.2, 0) is 9.59 Å². The number of anilines is 2. The Morgan fingerprint density at radius 1 is 0.583 bits per heavy atom. The van der Waals surface area contributed by atoms with Crippen LogP contribution in [0.1, 0.15) is 77.0 Å². The van der Waals surface area contributed by atoms with Crippen molar-refractivity contribution < 1.29 is 9.59 Å². The number of hydrogen-bond acceptors (Lipinski definition) is 2. The fraction of sp³-hybridized carbons (Fsp3) is 0.625. The van der Waals surface area contributed by atoms with Crippen LogP contribution in [0.25, 0.3) is 10.8 Å². The van der Waals surface area contributed by atoms with E-state index in [9.17, 15) is 9.59 Å². The molecule has 2 N–H and O–H groups in total. The smallest absolute Gasteiger partial charge is 0.230 e. The number of fused-ring (bicyclic) bond motifs is 1. The highest BCUT2D eigenvalue weighted by Crippen LogP contribution is 2.61. The third-order valence-corrected chi connectivity index (χ3v) is 11.5. The standard InChI is InChI=1S/C32H38N2O2/c35-29(31-13-19-7-20(14-31)9-21(8-19)15-31)33-27-6-5-25-3-1-2-4-26(25)28(27)34-30(36)32-16-22-10-23(17-32)12-24(11-22)18-32/h1-6,19-24H,7-18H2,(H,33,35)(H,34,36). The average molecular weight is 483 g/mol. The van der Waals surface area contributed by atoms with Gasteiger partial charge >= 0.3 is 0 Å². The highest BCUT2D eigenvalue weighted by molar-refractivity contribution is 6.11. The Morgan fingerprint density at radius 3 is 1.53 bits per heavy atom. The van der Waals surface area contributed by atoms with E-state index in [-0.39, 0.29) is 22.6 Å². The van der Waals surface area contributed by atoms with Crippen LogP contribution in [-0.4, -0.2) is 11.8 Å². The molecule has 0 atom stereocenters. The highest BCUT2D eigenvalue weighted by atomic mass is 16.2. The van der Waals surface area contributed by atoms with E-state index in [4.69, 9.17) is 0 Å². The van der Waals surface area contributed by atoms with Crippen molar-refractivity contribution in [1.29, 1.82) is 0 Å². The van der Waals surface area contributed by atoms with Gasteiger partial charge in [-0.15, -0.1) is 0 Å². The van der Waals surface area contributed by atoms with Gasteiger partial charge in [-0.05, 0) is 124 Å². The second kappa shape index (κ2) is 7.58. The Hall–Kier alpha value is -2.36. The summed E-state index contributed by atoms with van der Waals surface area (Å²) in [6.07, 6.45) is 14.2. The molecule has 36 heavy (non-hydrogen) atoms. The van der Waals surface area contributed by atoms with Crippen molar-refractivity contribution in [1.82, 2.24) is 0 Å². The van der Waals surface area contributed by atoms with Crippen molar-refractivity contribution in [3.8, 4) is 0 Å². The van der Waals surface area contributed by atoms with Crippen LogP contribution in [0.5, 0.6) is 0 Å². The summed E-state index contributed by atoms with van der Waals surface area (Å²) in [7, 11) is 0. The van der Waals surface area contributed by atoms with Crippen LogP contribution < -0.4 is 10.6 Å². The summed E-state index contributed by atoms with van der Waals surface area (Å²) in [4.78, 5) is 28.0. The van der Waals surface area contributed by atoms with Gasteiger partial charge in [0.05, 0.1) is 22.2 Å². The van der Waals surface area contributed by atoms with Crippen molar-refractivity contribution in [3.63, 3.8) is 0 Å². The summed E-state index contributed by atoms with van der Waals surface area (Å²) in [6.45, 7) is 0. The average Bonchev–Trinajstić information content (AvgIpc) is 2.83. The number of rotatable bonds is 4. The molecule has 8 aliphatic carbocycles. The van der Waals surface area contributed by atoms with Gasteiger partial charge in [-0.25, -0.2) is 0 Å². The first-order valence-electron chi connectivity index (χ1n) is 14.6. The normalized spacial score (nSPS) is 41.6. The van der Waals surface area contributed by atoms with E-state index in [0.717, 1.165) is 96.2 Å². The first-order valence-corrected chi connectivity index (χ1v) is 14.6. The Balaban J connectivity index is 1.13. The molecule has 0 unspecified atom stereocenters. The van der Waals surface area contributed by atoms with Gasteiger partial charge < -0.3 is 10.6 Å². The van der Waals surface area contributed by atoms with Gasteiger partial charge in [0.1, 0.15) is 0 Å². The number of amides is 2. The molecule has 10 rings (SSSR count). The maximum absolute atomic E-state index is 14.0. The summed E-state index contributed by atoms with van der Waals surface area (Å²) >= 11 is 0. The van der Waals surface area contributed by atoms with E-state index >= 15 is 0 Å². The molecule has 2 amide bonds. The molecule has 0 heterocycles. The lowest BCUT2D eigenvalue weighted by Gasteiger charge is -2.56. The zero-order valence-electron chi connectivity index (χ0n) is 21.2. The lowest BCUT2D eigenvalue weighted by molar-refractivity contribution is -0.141. The van der Waals surface area contributed by atoms with Gasteiger partial charge in [0, 0.05) is 5.39 Å². The number of carbonyl (C=O) groups is 2. The van der Waals surface area contributed by atoms with E-state index in [0.29, 0.717) is 0 Å². The van der Waals surface area contributed by atoms with Crippen LogP contribution >= 0.6 is 0 Å². The number of carbonyl (C=O) groups excluding carboxylic acids is 2. The number of benzene rings is 2. The van der Waals surface area contributed by atoms with Crippen LogP contribution in [0, 0.1) is 46.3 Å². The maximum Gasteiger partial charge on any atom is 0.230 e. The van der Waals surface area contributed by atoms with Gasteiger partial charge in [-0.2, -0.15) is 0 Å². The van der Waals surface area contributed by atoms with E-state index in [1.54, 1.807) is 0 Å². The molecule has 188 valence electrons. The van der Waals surface area contributed by atoms with Crippen molar-refractivity contribution in [2.45, 2.75) is 77.0 Å². The molecule has 4 heteroatoms. The molecule has 8 fully saturated rings. The van der Waals surface area contributed by atoms with Gasteiger partial charge in [0.25, 0.3) is 0 Å². The van der Waals surface area contributed by atoms with Crippen molar-refractivity contribution in [3.05, 3.63) is 36.4 Å². The van der Waals surface area contributed by atoms with Crippen molar-refractivity contribution >= 4 is 34.0 Å². The van der Waals surface area contributed by atoms with E-state index < -0.39 is 0 Å². The Labute approximate surface area is 214 Å². The minimum Gasteiger partial charge on any atom is -0.324 e. The predicted octanol–water partition coefficient (Wildman–Crippen LogP) is 7.15. The van der Waals surface area contributed by atoms with Gasteiger partial charge in [0.2, 0.25) is 11.8 Å². The molecule has 0 spiro atoms. The second-order valence-electron chi connectivity index (χ2n) is 14.0. The molecule has 0 saturated heterocycles. The fourth-order valence-corrected chi connectivity index (χ4v) is 10.8. The van der Waals surface area contributed by atoms with Crippen LogP contribution in [0.3, 0.4) is 0 Å². The van der Waals surface area contributed by atoms with Gasteiger partial charge in [-0.3, -0.25) is 9.59 Å². The van der Waals surface area contributed by atoms with Crippen molar-refractivity contribution in [2.24, 2.45) is 46.3 Å². The Bertz CT molecular complexity index is 1190. The van der Waals surface area contributed by atoms with Gasteiger partial charge in [-0.1, -0.05) is 30.3 Å². The van der Waals surface area contributed by atoms with Crippen LogP contribution in [0.4, 0.5) is 11.4 Å². The fourth-order valence-electron chi connectivity index (χ4n) is 10.8. The van der Waals surface area contributed by atoms with Gasteiger partial charge in [0.15, 0.2) is 0 Å². The second-order valence-corrected chi connectivity index (χ2v) is 14.0. The van der Waals surface area contributed by atoms with Crippen LogP contribution in [0.2, 0.25) is 0 Å². The molecule has 8 saturated carbocycles. The molecule has 8 aliphatic rings. The summed E-state index contributed by atoms with van der Waals surface area (Å²) in [5, 5.41) is 8.95. The summed E-state index contributed by atoms with van der Waals surface area (Å²) < 4.78 is 0. The third kappa shape index (κ3) is 3.25. The monoisotopic (exact) mass is 482 g/mol. The lowest BCUT2D eigenvalue weighted by Crippen LogP contribution is -2.52. The quantitative estimate of drug-likeness (QED) is 0.486. The summed E-state index contributed by atoms with van der Waals surface area (Å²) in [5.41, 5.74) is 1.17. The van der Waals surface area contributed by atoms with E-state index in [1.807, 2.05) is 18.2 Å². The first kappa shape index (κ1) is 21.7. The topological polar surface area (TPSA) is 58.2 Å². The predicted molar refractivity (Wildman–Crippen MR) is 142 cm³/mol. The van der Waals surface area contributed by atoms with E-state index in [2.05, 4.69) is 28.8 Å². The zero-order valence-corrected chi connectivity index (χ0v) is 21.2. The van der Waals surface area contributed by atoms with E-state index in [1.165, 1.54) is 38.5 Å². The molecule has 2 aromatic carbocycles. The number of hydrogen-bond donors (Lipinski definition) is 2. The molecule has 0 radical (unpaired) electrons. The molecular formula is C32H38N2O2. The molecule has 4 nitrogen and oxygen atoms in total. The largest absolute Gasteiger partial charge is 0.324 e. The zero-order chi connectivity index (χ0) is 24.1. The minimum absolute atomic E-state index is 0.196. The molecule has 8 bridgehead atoms. The first-order chi connectivity index (χ1) is 17.5. The lowest BCUT2D eigenvalue weighted by atomic mass is 9.49.